The van der Waals surface area contributed by atoms with Gasteiger partial charge in [-0.25, -0.2) is 8.42 Å². The van der Waals surface area contributed by atoms with Crippen molar-refractivity contribution in [1.82, 2.24) is 14.5 Å². The van der Waals surface area contributed by atoms with Gasteiger partial charge in [-0.2, -0.15) is 4.31 Å². The predicted molar refractivity (Wildman–Crippen MR) is 93.1 cm³/mol. The van der Waals surface area contributed by atoms with E-state index in [2.05, 4.69) is 11.2 Å². The van der Waals surface area contributed by atoms with Crippen LogP contribution < -0.4 is 5.32 Å². The van der Waals surface area contributed by atoms with Gasteiger partial charge in [0.25, 0.3) is 0 Å². The molecule has 1 N–H and O–H groups in total. The lowest BCUT2D eigenvalue weighted by Gasteiger charge is -2.36. The molecule has 1 aromatic carbocycles. The summed E-state index contributed by atoms with van der Waals surface area (Å²) in [6.45, 7) is 3.51. The van der Waals surface area contributed by atoms with Gasteiger partial charge in [-0.05, 0) is 19.1 Å². The quantitative estimate of drug-likeness (QED) is 0.779. The van der Waals surface area contributed by atoms with Crippen LogP contribution in [0.1, 0.15) is 6.92 Å². The molecule has 0 aliphatic carbocycles. The van der Waals surface area contributed by atoms with E-state index in [-0.39, 0.29) is 28.4 Å². The van der Waals surface area contributed by atoms with Crippen LogP contribution in [0.5, 0.6) is 0 Å². The molecule has 24 heavy (non-hydrogen) atoms. The van der Waals surface area contributed by atoms with E-state index in [9.17, 15) is 13.2 Å². The summed E-state index contributed by atoms with van der Waals surface area (Å²) in [5, 5.41) is 2.85. The summed E-state index contributed by atoms with van der Waals surface area (Å²) in [5.74, 6) is 2.20. The van der Waals surface area contributed by atoms with Crippen molar-refractivity contribution in [3.05, 3.63) is 29.3 Å². The van der Waals surface area contributed by atoms with Gasteiger partial charge in [-0.15, -0.1) is 6.42 Å². The first-order valence-corrected chi connectivity index (χ1v) is 9.39. The molecule has 0 bridgehead atoms. The zero-order valence-corrected chi connectivity index (χ0v) is 15.0. The maximum absolute atomic E-state index is 12.7. The molecule has 1 aliphatic heterocycles. The summed E-state index contributed by atoms with van der Waals surface area (Å²) in [4.78, 5) is 14.0. The number of hydrogen-bond donors (Lipinski definition) is 1. The van der Waals surface area contributed by atoms with E-state index < -0.39 is 10.0 Å². The van der Waals surface area contributed by atoms with E-state index in [0.717, 1.165) is 0 Å². The highest BCUT2D eigenvalue weighted by atomic mass is 35.5. The Morgan fingerprint density at radius 3 is 2.54 bits per heavy atom. The molecule has 6 nitrogen and oxygen atoms in total. The van der Waals surface area contributed by atoms with E-state index in [1.165, 1.54) is 10.4 Å². The van der Waals surface area contributed by atoms with Crippen molar-refractivity contribution < 1.29 is 13.2 Å². The average Bonchev–Trinajstić information content (AvgIpc) is 2.59. The first-order chi connectivity index (χ1) is 11.4. The van der Waals surface area contributed by atoms with E-state index in [1.54, 1.807) is 25.1 Å². The van der Waals surface area contributed by atoms with Crippen LogP contribution in [-0.2, 0) is 14.8 Å². The summed E-state index contributed by atoms with van der Waals surface area (Å²) in [6.07, 6.45) is 5.13. The molecular formula is C16H20ClN3O3S. The van der Waals surface area contributed by atoms with Gasteiger partial charge in [-0.3, -0.25) is 9.69 Å². The van der Waals surface area contributed by atoms with Crippen LogP contribution in [0.2, 0.25) is 5.02 Å². The Morgan fingerprint density at radius 2 is 1.96 bits per heavy atom. The second kappa shape index (κ2) is 7.99. The maximum Gasteiger partial charge on any atom is 0.244 e. The van der Waals surface area contributed by atoms with Crippen LogP contribution in [0.15, 0.2) is 29.2 Å². The Bertz CT molecular complexity index is 737. The summed E-state index contributed by atoms with van der Waals surface area (Å²) in [6, 6.07) is 6.04. The molecule has 1 aromatic rings. The smallest absolute Gasteiger partial charge is 0.244 e. The number of amides is 1. The number of nitrogens with zero attached hydrogens (tertiary/aromatic N) is 2. The lowest BCUT2D eigenvalue weighted by atomic mass is 10.2. The van der Waals surface area contributed by atoms with E-state index in [0.29, 0.717) is 26.2 Å². The lowest BCUT2D eigenvalue weighted by molar-refractivity contribution is -0.126. The maximum atomic E-state index is 12.7. The highest BCUT2D eigenvalue weighted by Gasteiger charge is 2.32. The van der Waals surface area contributed by atoms with Crippen molar-refractivity contribution in [2.75, 3.05) is 32.7 Å². The topological polar surface area (TPSA) is 69.7 Å². The fourth-order valence-electron chi connectivity index (χ4n) is 2.58. The molecule has 0 saturated carbocycles. The second-order valence-corrected chi connectivity index (χ2v) is 7.78. The van der Waals surface area contributed by atoms with Crippen LogP contribution in [0, 0.1) is 12.3 Å². The largest absolute Gasteiger partial charge is 0.344 e. The number of hydrogen-bond acceptors (Lipinski definition) is 4. The Labute approximate surface area is 147 Å². The number of nitrogens with one attached hydrogen (secondary N) is 1. The van der Waals surface area contributed by atoms with Crippen molar-refractivity contribution in [2.45, 2.75) is 17.9 Å². The van der Waals surface area contributed by atoms with Crippen molar-refractivity contribution in [2.24, 2.45) is 0 Å². The van der Waals surface area contributed by atoms with Gasteiger partial charge in [0.2, 0.25) is 15.9 Å². The Hall–Kier alpha value is -1.59. The standard InChI is InChI=1S/C16H20ClN3O3S/c1-3-8-18-16(21)13(2)19-9-11-20(12-10-19)24(22,23)15-7-5-4-6-14(15)17/h1,4-7,13H,8-12H2,2H3,(H,18,21). The third-order valence-electron chi connectivity index (χ3n) is 4.02. The molecule has 8 heteroatoms. The molecule has 1 atom stereocenters. The third kappa shape index (κ3) is 4.08. The van der Waals surface area contributed by atoms with Crippen molar-refractivity contribution >= 4 is 27.5 Å². The number of carbonyl (C=O) groups excluding carboxylic acids is 1. The summed E-state index contributed by atoms with van der Waals surface area (Å²) in [5.41, 5.74) is 0. The van der Waals surface area contributed by atoms with E-state index in [4.69, 9.17) is 18.0 Å². The van der Waals surface area contributed by atoms with Crippen molar-refractivity contribution in [3.63, 3.8) is 0 Å². The number of carbonyl (C=O) groups is 1. The molecule has 1 unspecified atom stereocenters. The summed E-state index contributed by atoms with van der Waals surface area (Å²) < 4.78 is 26.8. The van der Waals surface area contributed by atoms with Gasteiger partial charge in [-0.1, -0.05) is 29.7 Å². The predicted octanol–water partition coefficient (Wildman–Crippen LogP) is 0.784. The number of halogens is 1. The van der Waals surface area contributed by atoms with E-state index in [1.807, 2.05) is 4.90 Å². The zero-order valence-electron chi connectivity index (χ0n) is 13.4. The normalized spacial score (nSPS) is 17.9. The summed E-state index contributed by atoms with van der Waals surface area (Å²) >= 11 is 6.01. The second-order valence-electron chi connectivity index (χ2n) is 5.47. The molecule has 1 fully saturated rings. The fraction of sp³-hybridized carbons (Fsp3) is 0.438. The van der Waals surface area contributed by atoms with Gasteiger partial charge in [0.15, 0.2) is 0 Å². The lowest BCUT2D eigenvalue weighted by Crippen LogP contribution is -2.54. The van der Waals surface area contributed by atoms with Crippen LogP contribution >= 0.6 is 11.6 Å². The van der Waals surface area contributed by atoms with Gasteiger partial charge in [0.05, 0.1) is 17.6 Å². The number of sulfonamides is 1. The fourth-order valence-corrected chi connectivity index (χ4v) is 4.49. The molecule has 0 radical (unpaired) electrons. The van der Waals surface area contributed by atoms with E-state index >= 15 is 0 Å². The van der Waals surface area contributed by atoms with Gasteiger partial charge in [0, 0.05) is 26.2 Å². The Balaban J connectivity index is 2.01. The summed E-state index contributed by atoms with van der Waals surface area (Å²) in [7, 11) is -3.63. The number of terminal acetylenes is 1. The highest BCUT2D eigenvalue weighted by molar-refractivity contribution is 7.89. The minimum Gasteiger partial charge on any atom is -0.344 e. The van der Waals surface area contributed by atoms with Crippen LogP contribution in [0.4, 0.5) is 0 Å². The first-order valence-electron chi connectivity index (χ1n) is 7.58. The highest BCUT2D eigenvalue weighted by Crippen LogP contribution is 2.25. The Morgan fingerprint density at radius 1 is 1.33 bits per heavy atom. The molecule has 1 aliphatic rings. The van der Waals surface area contributed by atoms with Gasteiger partial charge in [0.1, 0.15) is 4.90 Å². The molecule has 0 spiro atoms. The van der Waals surface area contributed by atoms with Crippen molar-refractivity contribution in [3.8, 4) is 12.3 Å². The van der Waals surface area contributed by atoms with Gasteiger partial charge >= 0.3 is 0 Å². The molecule has 0 aromatic heterocycles. The first kappa shape index (κ1) is 18.7. The van der Waals surface area contributed by atoms with Crippen LogP contribution in [-0.4, -0.2) is 62.3 Å². The number of piperazine rings is 1. The zero-order chi connectivity index (χ0) is 17.7. The minimum atomic E-state index is -3.63. The minimum absolute atomic E-state index is 0.111. The van der Waals surface area contributed by atoms with Crippen molar-refractivity contribution in [1.29, 1.82) is 0 Å². The van der Waals surface area contributed by atoms with Crippen LogP contribution in [0.3, 0.4) is 0 Å². The van der Waals surface area contributed by atoms with Gasteiger partial charge < -0.3 is 5.32 Å². The average molecular weight is 370 g/mol. The molecule has 2 rings (SSSR count). The molecule has 130 valence electrons. The molecule has 1 heterocycles. The monoisotopic (exact) mass is 369 g/mol. The number of benzene rings is 1. The molecule has 1 amide bonds. The number of rotatable bonds is 5. The molecule has 1 saturated heterocycles. The van der Waals surface area contributed by atoms with Crippen LogP contribution in [0.25, 0.3) is 0 Å². The molecular weight excluding hydrogens is 350 g/mol. The third-order valence-corrected chi connectivity index (χ3v) is 6.42. The SMILES string of the molecule is C#CCNC(=O)C(C)N1CCN(S(=O)(=O)c2ccccc2Cl)CC1. The Kier molecular flexibility index (Phi) is 6.24.